The van der Waals surface area contributed by atoms with Gasteiger partial charge >= 0.3 is 0 Å². The molecule has 1 atom stereocenters. The van der Waals surface area contributed by atoms with E-state index in [9.17, 15) is 4.79 Å². The summed E-state index contributed by atoms with van der Waals surface area (Å²) in [5, 5.41) is 7.73. The van der Waals surface area contributed by atoms with Gasteiger partial charge in [0.05, 0.1) is 6.42 Å². The van der Waals surface area contributed by atoms with Crippen molar-refractivity contribution in [3.05, 3.63) is 58.7 Å². The maximum atomic E-state index is 12.9. The third-order valence-electron chi connectivity index (χ3n) is 6.01. The first kappa shape index (κ1) is 21.4. The lowest BCUT2D eigenvalue weighted by molar-refractivity contribution is -0.122. The number of amides is 1. The van der Waals surface area contributed by atoms with Crippen LogP contribution in [-0.2, 0) is 24.2 Å². The lowest BCUT2D eigenvalue weighted by Crippen LogP contribution is -2.51. The van der Waals surface area contributed by atoms with E-state index in [-0.39, 0.29) is 23.8 Å². The van der Waals surface area contributed by atoms with Gasteiger partial charge in [-0.3, -0.25) is 9.69 Å². The lowest BCUT2D eigenvalue weighted by atomic mass is 9.85. The molecule has 1 aromatic carbocycles. The predicted octanol–water partition coefficient (Wildman–Crippen LogP) is 2.87. The number of aryl methyl sites for hydroxylation is 2. The summed E-state index contributed by atoms with van der Waals surface area (Å²) in [6, 6.07) is 10.6. The lowest BCUT2D eigenvalue weighted by Gasteiger charge is -2.37. The van der Waals surface area contributed by atoms with Crippen LogP contribution in [0.1, 0.15) is 49.1 Å². The Labute approximate surface area is 183 Å². The maximum absolute atomic E-state index is 12.9. The van der Waals surface area contributed by atoms with Crippen LogP contribution in [0.3, 0.4) is 0 Å². The highest BCUT2D eigenvalue weighted by Crippen LogP contribution is 2.24. The fraction of sp³-hybridized carbons (Fsp3) is 0.500. The number of nitrogens with zero attached hydrogens (tertiary/aromatic N) is 5. The number of nitrogens with one attached hydrogen (secondary N) is 1. The molecule has 0 fully saturated rings. The first-order valence-electron chi connectivity index (χ1n) is 11.0. The third-order valence-corrected chi connectivity index (χ3v) is 6.01. The molecule has 0 spiro atoms. The minimum absolute atomic E-state index is 0.0319. The predicted molar refractivity (Wildman–Crippen MR) is 121 cm³/mol. The molecule has 31 heavy (non-hydrogen) atoms. The van der Waals surface area contributed by atoms with E-state index in [0.29, 0.717) is 11.6 Å². The topological polar surface area (TPSA) is 75.4 Å². The summed E-state index contributed by atoms with van der Waals surface area (Å²) in [5.74, 6) is 0.987. The van der Waals surface area contributed by atoms with Crippen molar-refractivity contribution in [3.8, 4) is 0 Å². The van der Waals surface area contributed by atoms with Gasteiger partial charge in [-0.25, -0.2) is 9.50 Å². The van der Waals surface area contributed by atoms with Crippen molar-refractivity contribution >= 4 is 11.7 Å². The molecule has 0 saturated heterocycles. The Morgan fingerprint density at radius 3 is 2.65 bits per heavy atom. The van der Waals surface area contributed by atoms with E-state index in [1.54, 1.807) is 4.52 Å². The van der Waals surface area contributed by atoms with Crippen LogP contribution in [0, 0.1) is 19.3 Å². The van der Waals surface area contributed by atoms with Gasteiger partial charge in [0.1, 0.15) is 0 Å². The van der Waals surface area contributed by atoms with E-state index < -0.39 is 0 Å². The summed E-state index contributed by atoms with van der Waals surface area (Å²) in [6.07, 6.45) is 1.20. The van der Waals surface area contributed by atoms with Crippen LogP contribution in [0.25, 0.3) is 5.78 Å². The van der Waals surface area contributed by atoms with E-state index in [1.807, 2.05) is 19.9 Å². The van der Waals surface area contributed by atoms with Crippen molar-refractivity contribution in [2.75, 3.05) is 13.1 Å². The molecule has 0 radical (unpaired) electrons. The summed E-state index contributed by atoms with van der Waals surface area (Å²) in [4.78, 5) is 24.2. The second-order valence-electron chi connectivity index (χ2n) is 9.70. The third kappa shape index (κ3) is 4.93. The zero-order chi connectivity index (χ0) is 22.2. The Kier molecular flexibility index (Phi) is 5.79. The van der Waals surface area contributed by atoms with Crippen molar-refractivity contribution in [1.82, 2.24) is 29.8 Å². The molecule has 0 bridgehead atoms. The number of carbonyl (C=O) groups is 1. The molecular formula is C24H32N6O. The Bertz CT molecular complexity index is 1100. The number of fused-ring (bicyclic) bond motifs is 2. The molecule has 3 heterocycles. The fourth-order valence-electron chi connectivity index (χ4n) is 4.18. The largest absolute Gasteiger partial charge is 0.351 e. The summed E-state index contributed by atoms with van der Waals surface area (Å²) < 4.78 is 1.70. The number of hydrogen-bond acceptors (Lipinski definition) is 5. The molecule has 1 unspecified atom stereocenters. The summed E-state index contributed by atoms with van der Waals surface area (Å²) in [6.45, 7) is 13.2. The Morgan fingerprint density at radius 1 is 1.16 bits per heavy atom. The van der Waals surface area contributed by atoms with Gasteiger partial charge < -0.3 is 5.32 Å². The number of hydrogen-bond donors (Lipinski definition) is 1. The molecule has 1 aliphatic heterocycles. The molecule has 3 aromatic rings. The fourth-order valence-corrected chi connectivity index (χ4v) is 4.18. The monoisotopic (exact) mass is 420 g/mol. The van der Waals surface area contributed by atoms with Crippen LogP contribution in [0.2, 0.25) is 0 Å². The molecule has 2 aromatic heterocycles. The number of benzene rings is 1. The van der Waals surface area contributed by atoms with Gasteiger partial charge in [-0.2, -0.15) is 4.98 Å². The minimum Gasteiger partial charge on any atom is -0.351 e. The average Bonchev–Trinajstić information content (AvgIpc) is 3.09. The van der Waals surface area contributed by atoms with Crippen LogP contribution in [0.15, 0.2) is 30.3 Å². The van der Waals surface area contributed by atoms with Crippen molar-refractivity contribution in [2.45, 2.75) is 60.0 Å². The molecule has 0 aliphatic carbocycles. The molecule has 7 heteroatoms. The van der Waals surface area contributed by atoms with Crippen molar-refractivity contribution in [2.24, 2.45) is 5.41 Å². The van der Waals surface area contributed by atoms with E-state index in [2.05, 4.69) is 70.3 Å². The van der Waals surface area contributed by atoms with Crippen LogP contribution in [0.5, 0.6) is 0 Å². The van der Waals surface area contributed by atoms with Gasteiger partial charge in [0.25, 0.3) is 5.78 Å². The Morgan fingerprint density at radius 2 is 1.90 bits per heavy atom. The molecule has 164 valence electrons. The minimum atomic E-state index is -0.0613. The second kappa shape index (κ2) is 8.38. The molecule has 0 saturated carbocycles. The van der Waals surface area contributed by atoms with Crippen LogP contribution in [0.4, 0.5) is 0 Å². The first-order chi connectivity index (χ1) is 14.7. The number of aromatic nitrogens is 4. The van der Waals surface area contributed by atoms with E-state index in [1.165, 1.54) is 11.1 Å². The molecular weight excluding hydrogens is 388 g/mol. The Hall–Kier alpha value is -2.80. The van der Waals surface area contributed by atoms with Gasteiger partial charge in [0.15, 0.2) is 5.82 Å². The quantitative estimate of drug-likeness (QED) is 0.687. The molecule has 1 amide bonds. The normalized spacial score (nSPS) is 15.6. The van der Waals surface area contributed by atoms with Crippen molar-refractivity contribution in [3.63, 3.8) is 0 Å². The molecule has 1 N–H and O–H groups in total. The van der Waals surface area contributed by atoms with Crippen LogP contribution < -0.4 is 5.32 Å². The van der Waals surface area contributed by atoms with Gasteiger partial charge in [0.2, 0.25) is 5.91 Å². The number of rotatable bonds is 5. The Balaban J connectivity index is 1.43. The first-order valence-corrected chi connectivity index (χ1v) is 11.0. The van der Waals surface area contributed by atoms with Crippen molar-refractivity contribution in [1.29, 1.82) is 0 Å². The SMILES string of the molecule is Cc1cc(C)n2nc(CC(=O)NC(CN3CCc4ccccc4C3)C(C)(C)C)nc2n1. The summed E-state index contributed by atoms with van der Waals surface area (Å²) >= 11 is 0. The molecule has 1 aliphatic rings. The molecule has 7 nitrogen and oxygen atoms in total. The average molecular weight is 421 g/mol. The standard InChI is InChI=1S/C24H32N6O/c1-16-12-17(2)30-23(25-16)27-21(28-30)13-22(31)26-20(24(3,4)5)15-29-11-10-18-8-6-7-9-19(18)14-29/h6-9,12,20H,10-11,13-15H2,1-5H3,(H,26,31). The van der Waals surface area contributed by atoms with Crippen molar-refractivity contribution < 1.29 is 4.79 Å². The highest BCUT2D eigenvalue weighted by Gasteiger charge is 2.30. The van der Waals surface area contributed by atoms with Gasteiger partial charge in [-0.15, -0.1) is 5.10 Å². The zero-order valence-electron chi connectivity index (χ0n) is 19.1. The smallest absolute Gasteiger partial charge is 0.252 e. The summed E-state index contributed by atoms with van der Waals surface area (Å²) in [7, 11) is 0. The second-order valence-corrected chi connectivity index (χ2v) is 9.70. The number of carbonyl (C=O) groups excluding carboxylic acids is 1. The van der Waals surface area contributed by atoms with Crippen LogP contribution >= 0.6 is 0 Å². The summed E-state index contributed by atoms with van der Waals surface area (Å²) in [5.41, 5.74) is 4.62. The van der Waals surface area contributed by atoms with E-state index >= 15 is 0 Å². The molecule has 4 rings (SSSR count). The highest BCUT2D eigenvalue weighted by molar-refractivity contribution is 5.78. The van der Waals surface area contributed by atoms with Gasteiger partial charge in [-0.1, -0.05) is 45.0 Å². The maximum Gasteiger partial charge on any atom is 0.252 e. The zero-order valence-corrected chi connectivity index (χ0v) is 19.1. The van der Waals surface area contributed by atoms with Crippen LogP contribution in [-0.4, -0.2) is 49.5 Å². The van der Waals surface area contributed by atoms with E-state index in [4.69, 9.17) is 0 Å². The van der Waals surface area contributed by atoms with Gasteiger partial charge in [0, 0.05) is 37.1 Å². The van der Waals surface area contributed by atoms with Gasteiger partial charge in [-0.05, 0) is 42.9 Å². The van der Waals surface area contributed by atoms with E-state index in [0.717, 1.165) is 37.4 Å². The highest BCUT2D eigenvalue weighted by atomic mass is 16.1.